The van der Waals surface area contributed by atoms with Crippen LogP contribution in [0.25, 0.3) is 0 Å². The summed E-state index contributed by atoms with van der Waals surface area (Å²) in [7, 11) is 1.55. The van der Waals surface area contributed by atoms with E-state index in [0.29, 0.717) is 17.6 Å². The van der Waals surface area contributed by atoms with Gasteiger partial charge in [0.1, 0.15) is 5.02 Å². The molecule has 0 bridgehead atoms. The van der Waals surface area contributed by atoms with Gasteiger partial charge in [-0.1, -0.05) is 25.4 Å². The second kappa shape index (κ2) is 5.37. The topological polar surface area (TPSA) is 67.2 Å². The number of nitrogens with zero attached hydrogens (tertiary/aromatic N) is 2. The minimum Gasteiger partial charge on any atom is -0.388 e. The molecule has 6 heteroatoms. The van der Waals surface area contributed by atoms with E-state index in [1.165, 1.54) is 10.9 Å². The van der Waals surface area contributed by atoms with Gasteiger partial charge in [-0.05, 0) is 31.1 Å². The molecule has 0 spiro atoms. The van der Waals surface area contributed by atoms with Gasteiger partial charge >= 0.3 is 0 Å². The lowest BCUT2D eigenvalue weighted by atomic mass is 9.71. The molecule has 1 aromatic heterocycles. The van der Waals surface area contributed by atoms with E-state index in [1.807, 2.05) is 0 Å². The lowest BCUT2D eigenvalue weighted by Crippen LogP contribution is -2.42. The van der Waals surface area contributed by atoms with Gasteiger partial charge in [-0.25, -0.2) is 4.68 Å². The standard InChI is InChI=1S/C14H22ClN3O2/c1-13(2)4-6-14(20,7-5-13)9-16-10-8-17-18(3)12(19)11(10)15/h8,16,20H,4-7,9H2,1-3H3. The molecule has 1 heterocycles. The molecule has 0 atom stereocenters. The van der Waals surface area contributed by atoms with Crippen LogP contribution in [0.1, 0.15) is 39.5 Å². The molecule has 0 radical (unpaired) electrons. The SMILES string of the molecule is Cn1ncc(NCC2(O)CCC(C)(C)CC2)c(Cl)c1=O. The van der Waals surface area contributed by atoms with Crippen molar-refractivity contribution in [3.8, 4) is 0 Å². The summed E-state index contributed by atoms with van der Waals surface area (Å²) >= 11 is 5.99. The Labute approximate surface area is 124 Å². The third kappa shape index (κ3) is 3.33. The predicted octanol–water partition coefficient (Wildman–Crippen LogP) is 2.18. The van der Waals surface area contributed by atoms with Crippen molar-refractivity contribution in [3.63, 3.8) is 0 Å². The molecule has 112 valence electrons. The average molecular weight is 300 g/mol. The lowest BCUT2D eigenvalue weighted by Gasteiger charge is -2.40. The van der Waals surface area contributed by atoms with Crippen molar-refractivity contribution in [3.05, 3.63) is 21.6 Å². The Morgan fingerprint density at radius 2 is 2.00 bits per heavy atom. The molecular formula is C14H22ClN3O2. The Hall–Kier alpha value is -1.07. The summed E-state index contributed by atoms with van der Waals surface area (Å²) in [5.41, 5.74) is -0.296. The van der Waals surface area contributed by atoms with Crippen molar-refractivity contribution in [2.24, 2.45) is 12.5 Å². The highest BCUT2D eigenvalue weighted by Crippen LogP contribution is 2.40. The molecule has 5 nitrogen and oxygen atoms in total. The average Bonchev–Trinajstić information content (AvgIpc) is 2.40. The normalized spacial score (nSPS) is 20.6. The predicted molar refractivity (Wildman–Crippen MR) is 80.2 cm³/mol. The van der Waals surface area contributed by atoms with Crippen LogP contribution in [0.3, 0.4) is 0 Å². The number of rotatable bonds is 3. The number of aromatic nitrogens is 2. The van der Waals surface area contributed by atoms with Gasteiger partial charge in [0, 0.05) is 13.6 Å². The minimum absolute atomic E-state index is 0.113. The van der Waals surface area contributed by atoms with E-state index < -0.39 is 5.60 Å². The van der Waals surface area contributed by atoms with E-state index in [0.717, 1.165) is 25.7 Å². The monoisotopic (exact) mass is 299 g/mol. The van der Waals surface area contributed by atoms with Crippen molar-refractivity contribution in [2.45, 2.75) is 45.1 Å². The van der Waals surface area contributed by atoms with Gasteiger partial charge in [0.25, 0.3) is 5.56 Å². The van der Waals surface area contributed by atoms with E-state index >= 15 is 0 Å². The summed E-state index contributed by atoms with van der Waals surface area (Å²) < 4.78 is 1.19. The van der Waals surface area contributed by atoms with Crippen LogP contribution in [-0.4, -0.2) is 27.0 Å². The molecule has 0 unspecified atom stereocenters. The second-order valence-electron chi connectivity index (χ2n) is 6.54. The van der Waals surface area contributed by atoms with Gasteiger partial charge in [-0.2, -0.15) is 5.10 Å². The first-order valence-electron chi connectivity index (χ1n) is 6.91. The van der Waals surface area contributed by atoms with Crippen molar-refractivity contribution in [1.29, 1.82) is 0 Å². The quantitative estimate of drug-likeness (QED) is 0.898. The molecule has 0 aromatic carbocycles. The minimum atomic E-state index is -0.736. The van der Waals surface area contributed by atoms with Crippen LogP contribution in [0.15, 0.2) is 11.0 Å². The fourth-order valence-corrected chi connectivity index (χ4v) is 2.70. The fraction of sp³-hybridized carbons (Fsp3) is 0.714. The number of aryl methyl sites for hydroxylation is 1. The highest BCUT2D eigenvalue weighted by atomic mass is 35.5. The van der Waals surface area contributed by atoms with E-state index in [-0.39, 0.29) is 10.6 Å². The van der Waals surface area contributed by atoms with E-state index in [9.17, 15) is 9.90 Å². The summed E-state index contributed by atoms with van der Waals surface area (Å²) in [6.45, 7) is 4.83. The van der Waals surface area contributed by atoms with Crippen LogP contribution in [0, 0.1) is 5.41 Å². The number of hydrogen-bond donors (Lipinski definition) is 2. The summed E-state index contributed by atoms with van der Waals surface area (Å²) in [4.78, 5) is 11.7. The molecule has 1 aliphatic carbocycles. The Kier molecular flexibility index (Phi) is 4.12. The summed E-state index contributed by atoms with van der Waals surface area (Å²) in [6, 6.07) is 0. The first kappa shape index (κ1) is 15.3. The van der Waals surface area contributed by atoms with Crippen LogP contribution in [-0.2, 0) is 7.05 Å². The second-order valence-corrected chi connectivity index (χ2v) is 6.92. The van der Waals surface area contributed by atoms with Crippen molar-refractivity contribution in [2.75, 3.05) is 11.9 Å². The fourth-order valence-electron chi connectivity index (χ4n) is 2.46. The van der Waals surface area contributed by atoms with Crippen LogP contribution in [0.4, 0.5) is 5.69 Å². The maximum absolute atomic E-state index is 11.7. The van der Waals surface area contributed by atoms with Crippen LogP contribution in [0.5, 0.6) is 0 Å². The maximum atomic E-state index is 11.7. The van der Waals surface area contributed by atoms with Gasteiger partial charge < -0.3 is 10.4 Å². The van der Waals surface area contributed by atoms with Gasteiger partial charge in [0.05, 0.1) is 17.5 Å². The first-order valence-corrected chi connectivity index (χ1v) is 7.28. The van der Waals surface area contributed by atoms with Crippen LogP contribution < -0.4 is 10.9 Å². The van der Waals surface area contributed by atoms with Gasteiger partial charge in [0.2, 0.25) is 0 Å². The molecule has 0 amide bonds. The summed E-state index contributed by atoms with van der Waals surface area (Å²) in [6.07, 6.45) is 5.01. The highest BCUT2D eigenvalue weighted by Gasteiger charge is 2.36. The van der Waals surface area contributed by atoms with Crippen molar-refractivity contribution >= 4 is 17.3 Å². The molecule has 1 aliphatic rings. The molecule has 1 aromatic rings. The maximum Gasteiger partial charge on any atom is 0.287 e. The zero-order valence-electron chi connectivity index (χ0n) is 12.2. The zero-order chi connectivity index (χ0) is 15.0. The Bertz CT molecular complexity index is 544. The number of nitrogens with one attached hydrogen (secondary N) is 1. The number of hydrogen-bond acceptors (Lipinski definition) is 4. The lowest BCUT2D eigenvalue weighted by molar-refractivity contribution is -0.0145. The molecular weight excluding hydrogens is 278 g/mol. The molecule has 2 rings (SSSR count). The Morgan fingerprint density at radius 3 is 2.60 bits per heavy atom. The van der Waals surface area contributed by atoms with Crippen molar-refractivity contribution < 1.29 is 5.11 Å². The Balaban J connectivity index is 2.03. The largest absolute Gasteiger partial charge is 0.388 e. The van der Waals surface area contributed by atoms with Gasteiger partial charge in [-0.3, -0.25) is 4.79 Å². The molecule has 20 heavy (non-hydrogen) atoms. The number of aliphatic hydroxyl groups is 1. The molecule has 1 saturated carbocycles. The van der Waals surface area contributed by atoms with Crippen molar-refractivity contribution in [1.82, 2.24) is 9.78 Å². The van der Waals surface area contributed by atoms with E-state index in [2.05, 4.69) is 24.3 Å². The first-order chi connectivity index (χ1) is 9.22. The zero-order valence-corrected chi connectivity index (χ0v) is 13.0. The third-order valence-electron chi connectivity index (χ3n) is 4.22. The van der Waals surface area contributed by atoms with Gasteiger partial charge in [-0.15, -0.1) is 0 Å². The van der Waals surface area contributed by atoms with Crippen LogP contribution in [0.2, 0.25) is 5.02 Å². The molecule has 0 aliphatic heterocycles. The smallest absolute Gasteiger partial charge is 0.287 e. The van der Waals surface area contributed by atoms with Crippen LogP contribution >= 0.6 is 11.6 Å². The molecule has 2 N–H and O–H groups in total. The van der Waals surface area contributed by atoms with E-state index in [4.69, 9.17) is 11.6 Å². The number of anilines is 1. The molecule has 1 fully saturated rings. The number of halogens is 1. The third-order valence-corrected chi connectivity index (χ3v) is 4.59. The Morgan fingerprint density at radius 1 is 1.40 bits per heavy atom. The molecule has 0 saturated heterocycles. The summed E-state index contributed by atoms with van der Waals surface area (Å²) in [5, 5.41) is 17.7. The summed E-state index contributed by atoms with van der Waals surface area (Å²) in [5.74, 6) is 0. The highest BCUT2D eigenvalue weighted by molar-refractivity contribution is 6.32. The van der Waals surface area contributed by atoms with Gasteiger partial charge in [0.15, 0.2) is 0 Å². The van der Waals surface area contributed by atoms with E-state index in [1.54, 1.807) is 7.05 Å².